The average Bonchev–Trinajstić information content (AvgIpc) is 2.50. The number of carbonyl (C=O) groups is 1. The molecule has 0 aliphatic heterocycles. The van der Waals surface area contributed by atoms with E-state index >= 15 is 0 Å². The van der Waals surface area contributed by atoms with Crippen molar-refractivity contribution in [2.24, 2.45) is 0 Å². The SMILES string of the molecule is CCCC(OCC)(OCC)P(=O)(O)C(F)C(O)CNC(=O)OC(C)(C)C. The van der Waals surface area contributed by atoms with Gasteiger partial charge < -0.3 is 29.5 Å². The number of hydrogen-bond donors (Lipinski definition) is 3. The Kier molecular flexibility index (Phi) is 10.3. The summed E-state index contributed by atoms with van der Waals surface area (Å²) in [6, 6.07) is 0. The second-order valence-electron chi connectivity index (χ2n) is 6.77. The Hall–Kier alpha value is -0.730. The van der Waals surface area contributed by atoms with Crippen molar-refractivity contribution < 1.29 is 38.0 Å². The summed E-state index contributed by atoms with van der Waals surface area (Å²) in [5.41, 5.74) is -2.81. The molecule has 0 radical (unpaired) electrons. The fourth-order valence-electron chi connectivity index (χ4n) is 2.32. The number of amides is 1. The van der Waals surface area contributed by atoms with Crippen LogP contribution in [-0.2, 0) is 18.8 Å². The predicted octanol–water partition coefficient (Wildman–Crippen LogP) is 2.96. The molecule has 3 unspecified atom stereocenters. The second kappa shape index (κ2) is 10.6. The smallest absolute Gasteiger partial charge is 0.407 e. The minimum Gasteiger partial charge on any atom is -0.444 e. The number of hydrogen-bond acceptors (Lipinski definition) is 6. The van der Waals surface area contributed by atoms with Gasteiger partial charge in [-0.1, -0.05) is 13.3 Å². The van der Waals surface area contributed by atoms with Crippen molar-refractivity contribution >= 4 is 13.5 Å². The quantitative estimate of drug-likeness (QED) is 0.360. The first-order valence-corrected chi connectivity index (χ1v) is 10.5. The van der Waals surface area contributed by atoms with Crippen molar-refractivity contribution in [2.45, 2.75) is 77.5 Å². The van der Waals surface area contributed by atoms with Gasteiger partial charge in [0.15, 0.2) is 0 Å². The second-order valence-corrected chi connectivity index (χ2v) is 9.19. The Morgan fingerprint density at radius 1 is 1.19 bits per heavy atom. The van der Waals surface area contributed by atoms with Crippen LogP contribution in [0, 0.1) is 0 Å². The third-order valence-electron chi connectivity index (χ3n) is 3.30. The van der Waals surface area contributed by atoms with Gasteiger partial charge in [-0.15, -0.1) is 0 Å². The predicted molar refractivity (Wildman–Crippen MR) is 95.9 cm³/mol. The summed E-state index contributed by atoms with van der Waals surface area (Å²) in [7, 11) is -4.78. The molecule has 0 aromatic heterocycles. The number of alkyl carbamates (subject to hydrolysis) is 1. The molecular weight excluding hydrogens is 368 g/mol. The van der Waals surface area contributed by atoms with E-state index in [1.54, 1.807) is 41.5 Å². The highest BCUT2D eigenvalue weighted by Crippen LogP contribution is 2.62. The molecule has 1 amide bonds. The number of halogens is 1. The van der Waals surface area contributed by atoms with Crippen molar-refractivity contribution in [3.8, 4) is 0 Å². The number of aliphatic hydroxyl groups is 1. The highest BCUT2D eigenvalue weighted by atomic mass is 31.2. The van der Waals surface area contributed by atoms with E-state index in [1.165, 1.54) is 0 Å². The van der Waals surface area contributed by atoms with Crippen LogP contribution in [-0.4, -0.2) is 59.0 Å². The van der Waals surface area contributed by atoms with Gasteiger partial charge in [0.1, 0.15) is 11.7 Å². The highest BCUT2D eigenvalue weighted by molar-refractivity contribution is 7.59. The van der Waals surface area contributed by atoms with Crippen molar-refractivity contribution in [2.75, 3.05) is 19.8 Å². The molecule has 0 spiro atoms. The van der Waals surface area contributed by atoms with Gasteiger partial charge in [-0.25, -0.2) is 9.18 Å². The number of rotatable bonds is 11. The van der Waals surface area contributed by atoms with Gasteiger partial charge in [-0.2, -0.15) is 0 Å². The summed E-state index contributed by atoms with van der Waals surface area (Å²) < 4.78 is 43.2. The molecule has 26 heavy (non-hydrogen) atoms. The molecule has 0 aromatic carbocycles. The zero-order chi connectivity index (χ0) is 20.6. The van der Waals surface area contributed by atoms with Crippen LogP contribution < -0.4 is 5.32 Å². The first-order valence-electron chi connectivity index (χ1n) is 8.76. The number of aliphatic hydroxyl groups excluding tert-OH is 1. The van der Waals surface area contributed by atoms with Crippen LogP contribution in [0.2, 0.25) is 0 Å². The standard InChI is InChI=1S/C16H33FNO7P/c1-7-10-16(23-8-2,24-9-3)26(21,22)13(17)12(19)11-18-14(20)25-15(4,5)6/h12-13,19H,7-11H2,1-6H3,(H,18,20)(H,21,22). The van der Waals surface area contributed by atoms with E-state index in [9.17, 15) is 23.7 Å². The molecule has 0 rings (SSSR count). The molecule has 0 aliphatic carbocycles. The Morgan fingerprint density at radius 3 is 2.08 bits per heavy atom. The lowest BCUT2D eigenvalue weighted by atomic mass is 10.2. The van der Waals surface area contributed by atoms with Gasteiger partial charge in [-0.3, -0.25) is 4.57 Å². The van der Waals surface area contributed by atoms with E-state index in [4.69, 9.17) is 14.2 Å². The minimum atomic E-state index is -4.78. The van der Waals surface area contributed by atoms with Crippen LogP contribution in [0.15, 0.2) is 0 Å². The summed E-state index contributed by atoms with van der Waals surface area (Å²) in [6.45, 7) is 9.33. The summed E-state index contributed by atoms with van der Waals surface area (Å²) in [6.07, 6.45) is -2.42. The molecule has 156 valence electrons. The molecule has 0 saturated heterocycles. The third kappa shape index (κ3) is 7.12. The summed E-state index contributed by atoms with van der Waals surface area (Å²) in [5.74, 6) is -2.57. The maximum absolute atomic E-state index is 14.7. The number of nitrogens with one attached hydrogen (secondary N) is 1. The number of carbonyl (C=O) groups excluding carboxylic acids is 1. The van der Waals surface area contributed by atoms with E-state index in [-0.39, 0.29) is 19.6 Å². The topological polar surface area (TPSA) is 114 Å². The summed E-state index contributed by atoms with van der Waals surface area (Å²) >= 11 is 0. The molecular formula is C16H33FNO7P. The zero-order valence-corrected chi connectivity index (χ0v) is 17.3. The van der Waals surface area contributed by atoms with Crippen molar-refractivity contribution in [3.63, 3.8) is 0 Å². The molecule has 0 heterocycles. The van der Waals surface area contributed by atoms with Gasteiger partial charge in [-0.05, 0) is 34.6 Å². The third-order valence-corrected chi connectivity index (χ3v) is 5.77. The van der Waals surface area contributed by atoms with Gasteiger partial charge in [0.2, 0.25) is 11.4 Å². The van der Waals surface area contributed by atoms with Crippen LogP contribution >= 0.6 is 7.37 Å². The lowest BCUT2D eigenvalue weighted by molar-refractivity contribution is -0.185. The van der Waals surface area contributed by atoms with Crippen LogP contribution in [0.3, 0.4) is 0 Å². The molecule has 10 heteroatoms. The fourth-order valence-corrected chi connectivity index (χ4v) is 4.44. The molecule has 8 nitrogen and oxygen atoms in total. The Balaban J connectivity index is 5.22. The van der Waals surface area contributed by atoms with E-state index in [0.29, 0.717) is 6.42 Å². The molecule has 0 bridgehead atoms. The molecule has 0 saturated carbocycles. The van der Waals surface area contributed by atoms with Crippen molar-refractivity contribution in [1.82, 2.24) is 5.32 Å². The normalized spacial score (nSPS) is 17.3. The summed E-state index contributed by atoms with van der Waals surface area (Å²) in [5, 5.41) is 12.2. The van der Waals surface area contributed by atoms with Crippen LogP contribution in [0.1, 0.15) is 54.4 Å². The van der Waals surface area contributed by atoms with Crippen LogP contribution in [0.5, 0.6) is 0 Å². The van der Waals surface area contributed by atoms with Crippen LogP contribution in [0.25, 0.3) is 0 Å². The van der Waals surface area contributed by atoms with Gasteiger partial charge in [0.25, 0.3) is 7.37 Å². The largest absolute Gasteiger partial charge is 0.444 e. The zero-order valence-electron chi connectivity index (χ0n) is 16.5. The monoisotopic (exact) mass is 401 g/mol. The van der Waals surface area contributed by atoms with Gasteiger partial charge in [0, 0.05) is 19.6 Å². The first-order chi connectivity index (χ1) is 11.9. The lowest BCUT2D eigenvalue weighted by Gasteiger charge is -2.38. The van der Waals surface area contributed by atoms with E-state index < -0.39 is 43.2 Å². The lowest BCUT2D eigenvalue weighted by Crippen LogP contribution is -2.45. The molecule has 0 fully saturated rings. The van der Waals surface area contributed by atoms with Gasteiger partial charge in [0.05, 0.1) is 6.54 Å². The molecule has 3 atom stereocenters. The average molecular weight is 401 g/mol. The Labute approximate surface area is 154 Å². The van der Waals surface area contributed by atoms with Crippen molar-refractivity contribution in [3.05, 3.63) is 0 Å². The molecule has 3 N–H and O–H groups in total. The van der Waals surface area contributed by atoms with Crippen LogP contribution in [0.4, 0.5) is 9.18 Å². The Morgan fingerprint density at radius 2 is 1.69 bits per heavy atom. The van der Waals surface area contributed by atoms with E-state index in [1.807, 2.05) is 0 Å². The molecule has 0 aromatic rings. The first kappa shape index (κ1) is 25.3. The molecule has 0 aliphatic rings. The van der Waals surface area contributed by atoms with Crippen molar-refractivity contribution in [1.29, 1.82) is 0 Å². The van der Waals surface area contributed by atoms with E-state index in [0.717, 1.165) is 0 Å². The highest BCUT2D eigenvalue weighted by Gasteiger charge is 2.56. The maximum Gasteiger partial charge on any atom is 0.407 e. The Bertz CT molecular complexity index is 467. The fraction of sp³-hybridized carbons (Fsp3) is 0.938. The maximum atomic E-state index is 14.7. The van der Waals surface area contributed by atoms with E-state index in [2.05, 4.69) is 5.32 Å². The minimum absolute atomic E-state index is 0.0188. The number of ether oxygens (including phenoxy) is 3. The van der Waals surface area contributed by atoms with Gasteiger partial charge >= 0.3 is 6.09 Å². The summed E-state index contributed by atoms with van der Waals surface area (Å²) in [4.78, 5) is 22.0. The number of alkyl halides is 1.